The average molecular weight is 358 g/mol. The molecule has 0 saturated carbocycles. The van der Waals surface area contributed by atoms with Crippen LogP contribution in [0.2, 0.25) is 0 Å². The fraction of sp³-hybridized carbons (Fsp3) is 0.0952. The highest BCUT2D eigenvalue weighted by atomic mass is 15.2. The van der Waals surface area contributed by atoms with E-state index in [-0.39, 0.29) is 0 Å². The second-order valence-corrected chi connectivity index (χ2v) is 5.41. The topological polar surface area (TPSA) is 88.2 Å². The molecule has 4 N–H and O–H groups in total. The predicted octanol–water partition coefficient (Wildman–Crippen LogP) is 3.56. The summed E-state index contributed by atoms with van der Waals surface area (Å²) < 4.78 is 0. The molecule has 27 heavy (non-hydrogen) atoms. The number of hydrogen-bond acceptors (Lipinski definition) is 6. The van der Waals surface area contributed by atoms with Gasteiger partial charge in [0, 0.05) is 18.1 Å². The van der Waals surface area contributed by atoms with Crippen molar-refractivity contribution in [3.63, 3.8) is 0 Å². The SMILES string of the molecule is C=C=C(N/C(=C/C)N=C(C)c1ccncc1)Nc1cccc(C(N)=C=C)n1. The molecule has 136 valence electrons. The first-order valence-electron chi connectivity index (χ1n) is 8.26. The van der Waals surface area contributed by atoms with Crippen molar-refractivity contribution in [3.05, 3.63) is 96.3 Å². The van der Waals surface area contributed by atoms with Crippen LogP contribution >= 0.6 is 0 Å². The number of anilines is 1. The molecule has 2 rings (SSSR count). The van der Waals surface area contributed by atoms with E-state index in [0.717, 1.165) is 11.3 Å². The van der Waals surface area contributed by atoms with E-state index in [1.54, 1.807) is 24.5 Å². The quantitative estimate of drug-likeness (QED) is 0.520. The van der Waals surface area contributed by atoms with Gasteiger partial charge in [0.1, 0.15) is 17.3 Å². The van der Waals surface area contributed by atoms with E-state index in [4.69, 9.17) is 5.73 Å². The van der Waals surface area contributed by atoms with E-state index in [1.165, 1.54) is 0 Å². The highest BCUT2D eigenvalue weighted by molar-refractivity contribution is 5.99. The van der Waals surface area contributed by atoms with Crippen LogP contribution in [0.25, 0.3) is 5.70 Å². The molecule has 0 bridgehead atoms. The third kappa shape index (κ3) is 5.58. The van der Waals surface area contributed by atoms with E-state index in [9.17, 15) is 0 Å². The predicted molar refractivity (Wildman–Crippen MR) is 111 cm³/mol. The molecule has 0 amide bonds. The lowest BCUT2D eigenvalue weighted by atomic mass is 10.2. The van der Waals surface area contributed by atoms with Crippen molar-refractivity contribution in [2.75, 3.05) is 5.32 Å². The Morgan fingerprint density at radius 3 is 2.56 bits per heavy atom. The molecule has 2 aromatic rings. The number of aromatic nitrogens is 2. The summed E-state index contributed by atoms with van der Waals surface area (Å²) in [5, 5.41) is 6.26. The molecular formula is C21H22N6. The molecule has 0 fully saturated rings. The van der Waals surface area contributed by atoms with Gasteiger partial charge in [-0.1, -0.05) is 25.0 Å². The van der Waals surface area contributed by atoms with Gasteiger partial charge in [-0.05, 0) is 49.8 Å². The first-order chi connectivity index (χ1) is 13.1. The molecule has 0 saturated heterocycles. The monoisotopic (exact) mass is 358 g/mol. The van der Waals surface area contributed by atoms with Crippen LogP contribution in [-0.4, -0.2) is 15.7 Å². The number of pyridine rings is 2. The van der Waals surface area contributed by atoms with E-state index in [1.807, 2.05) is 38.1 Å². The molecule has 2 aromatic heterocycles. The second-order valence-electron chi connectivity index (χ2n) is 5.41. The molecular weight excluding hydrogens is 336 g/mol. The van der Waals surface area contributed by atoms with E-state index >= 15 is 0 Å². The summed E-state index contributed by atoms with van der Waals surface area (Å²) in [6.07, 6.45) is 5.32. The number of rotatable bonds is 7. The first-order valence-corrected chi connectivity index (χ1v) is 8.26. The Morgan fingerprint density at radius 1 is 1.19 bits per heavy atom. The smallest absolute Gasteiger partial charge is 0.154 e. The number of nitrogens with zero attached hydrogens (tertiary/aromatic N) is 3. The van der Waals surface area contributed by atoms with Crippen LogP contribution in [0.1, 0.15) is 25.1 Å². The van der Waals surface area contributed by atoms with Gasteiger partial charge in [-0.15, -0.1) is 5.73 Å². The van der Waals surface area contributed by atoms with Crippen LogP contribution < -0.4 is 16.4 Å². The molecule has 0 aliphatic rings. The molecule has 0 atom stereocenters. The molecule has 0 aliphatic heterocycles. The Morgan fingerprint density at radius 2 is 1.93 bits per heavy atom. The summed E-state index contributed by atoms with van der Waals surface area (Å²) in [7, 11) is 0. The van der Waals surface area contributed by atoms with Gasteiger partial charge in [0.05, 0.1) is 5.69 Å². The summed E-state index contributed by atoms with van der Waals surface area (Å²) in [5.41, 5.74) is 14.0. The maximum absolute atomic E-state index is 5.81. The second kappa shape index (κ2) is 9.59. The average Bonchev–Trinajstić information content (AvgIpc) is 2.72. The van der Waals surface area contributed by atoms with Gasteiger partial charge in [-0.2, -0.15) is 0 Å². The van der Waals surface area contributed by atoms with Crippen LogP contribution in [0, 0.1) is 0 Å². The van der Waals surface area contributed by atoms with Crippen molar-refractivity contribution >= 4 is 17.2 Å². The molecule has 6 nitrogen and oxygen atoms in total. The zero-order valence-electron chi connectivity index (χ0n) is 15.5. The first kappa shape index (κ1) is 19.5. The van der Waals surface area contributed by atoms with Gasteiger partial charge in [-0.25, -0.2) is 9.98 Å². The summed E-state index contributed by atoms with van der Waals surface area (Å²) in [6.45, 7) is 11.1. The van der Waals surface area contributed by atoms with Gasteiger partial charge >= 0.3 is 0 Å². The van der Waals surface area contributed by atoms with Crippen LogP contribution in [-0.2, 0) is 0 Å². The Hall–Kier alpha value is -3.85. The maximum Gasteiger partial charge on any atom is 0.154 e. The molecule has 0 unspecified atom stereocenters. The van der Waals surface area contributed by atoms with Crippen molar-refractivity contribution in [2.45, 2.75) is 13.8 Å². The summed E-state index contributed by atoms with van der Waals surface area (Å²) in [6, 6.07) is 9.23. The molecule has 0 spiro atoms. The van der Waals surface area contributed by atoms with Gasteiger partial charge < -0.3 is 16.4 Å². The highest BCUT2D eigenvalue weighted by Crippen LogP contribution is 2.11. The van der Waals surface area contributed by atoms with Crippen molar-refractivity contribution in [3.8, 4) is 0 Å². The maximum atomic E-state index is 5.81. The Bertz CT molecular complexity index is 959. The third-order valence-electron chi connectivity index (χ3n) is 3.56. The van der Waals surface area contributed by atoms with E-state index in [2.05, 4.69) is 50.2 Å². The molecule has 6 heteroatoms. The summed E-state index contributed by atoms with van der Waals surface area (Å²) >= 11 is 0. The minimum Gasteiger partial charge on any atom is -0.391 e. The number of allylic oxidation sites excluding steroid dienone is 1. The Labute approximate surface area is 159 Å². The zero-order valence-corrected chi connectivity index (χ0v) is 15.5. The largest absolute Gasteiger partial charge is 0.391 e. The van der Waals surface area contributed by atoms with Crippen molar-refractivity contribution in [2.24, 2.45) is 10.7 Å². The van der Waals surface area contributed by atoms with Crippen molar-refractivity contribution < 1.29 is 0 Å². The highest BCUT2D eigenvalue weighted by Gasteiger charge is 2.05. The van der Waals surface area contributed by atoms with Gasteiger partial charge in [-0.3, -0.25) is 4.98 Å². The van der Waals surface area contributed by atoms with Gasteiger partial charge in [0.15, 0.2) is 5.82 Å². The molecule has 0 aromatic carbocycles. The van der Waals surface area contributed by atoms with Crippen molar-refractivity contribution in [1.82, 2.24) is 15.3 Å². The Kier molecular flexibility index (Phi) is 6.91. The Balaban J connectivity index is 2.16. The number of aliphatic imine (C=N–C) groups is 1. The lowest BCUT2D eigenvalue weighted by Gasteiger charge is -2.12. The van der Waals surface area contributed by atoms with Gasteiger partial charge in [0.25, 0.3) is 0 Å². The van der Waals surface area contributed by atoms with Gasteiger partial charge in [0.2, 0.25) is 0 Å². The van der Waals surface area contributed by atoms with Crippen molar-refractivity contribution in [1.29, 1.82) is 0 Å². The number of nitrogens with two attached hydrogens (primary N) is 1. The molecule has 2 heterocycles. The molecule has 0 aliphatic carbocycles. The fourth-order valence-corrected chi connectivity index (χ4v) is 2.12. The lowest BCUT2D eigenvalue weighted by Crippen LogP contribution is -2.19. The fourth-order valence-electron chi connectivity index (χ4n) is 2.12. The summed E-state index contributed by atoms with van der Waals surface area (Å²) in [5.74, 6) is 1.74. The molecule has 0 radical (unpaired) electrons. The van der Waals surface area contributed by atoms with E-state index in [0.29, 0.717) is 28.9 Å². The van der Waals surface area contributed by atoms with Crippen LogP contribution in [0.4, 0.5) is 5.82 Å². The minimum atomic E-state index is 0.377. The van der Waals surface area contributed by atoms with Crippen LogP contribution in [0.15, 0.2) is 90.1 Å². The normalized spacial score (nSPS) is 11.2. The van der Waals surface area contributed by atoms with E-state index < -0.39 is 0 Å². The third-order valence-corrected chi connectivity index (χ3v) is 3.56. The lowest BCUT2D eigenvalue weighted by molar-refractivity contribution is 0.945. The minimum absolute atomic E-state index is 0.377. The number of hydrogen-bond donors (Lipinski definition) is 3. The van der Waals surface area contributed by atoms with Crippen LogP contribution in [0.5, 0.6) is 0 Å². The van der Waals surface area contributed by atoms with Crippen LogP contribution in [0.3, 0.4) is 0 Å². The number of nitrogens with one attached hydrogen (secondary N) is 2. The summed E-state index contributed by atoms with van der Waals surface area (Å²) in [4.78, 5) is 13.0. The standard InChI is InChI=1S/C21H22N6/c1-5-17(22)18-9-8-10-21(25-18)27-20(7-3)26-19(6-2)24-15(4)16-11-13-23-14-12-16/h6,8-14,26H,1,3,22H2,2,4H3,(H,25,27)/b19-6+,24-15?. The zero-order chi connectivity index (χ0) is 19.6.